The Hall–Kier alpha value is -1.62. The second-order valence-electron chi connectivity index (χ2n) is 5.20. The highest BCUT2D eigenvalue weighted by Gasteiger charge is 2.28. The van der Waals surface area contributed by atoms with Crippen LogP contribution in [-0.2, 0) is 4.74 Å². The number of nitrogens with zero attached hydrogens (tertiary/aromatic N) is 2. The van der Waals surface area contributed by atoms with E-state index in [1.807, 2.05) is 17.9 Å². The highest BCUT2D eigenvalue weighted by Crippen LogP contribution is 2.21. The maximum atomic E-state index is 12.6. The van der Waals surface area contributed by atoms with E-state index >= 15 is 0 Å². The molecule has 0 aliphatic carbocycles. The van der Waals surface area contributed by atoms with Crippen molar-refractivity contribution in [3.05, 3.63) is 23.5 Å². The first-order valence-electron chi connectivity index (χ1n) is 7.18. The molecule has 1 unspecified atom stereocenters. The largest absolute Gasteiger partial charge is 0.384 e. The number of carbonyl (C=O) groups is 1. The van der Waals surface area contributed by atoms with Crippen LogP contribution in [0.25, 0.3) is 0 Å². The van der Waals surface area contributed by atoms with E-state index in [1.54, 1.807) is 13.3 Å². The van der Waals surface area contributed by atoms with E-state index < -0.39 is 0 Å². The van der Waals surface area contributed by atoms with E-state index in [9.17, 15) is 4.79 Å². The predicted molar refractivity (Wildman–Crippen MR) is 79.1 cm³/mol. The van der Waals surface area contributed by atoms with Crippen LogP contribution >= 0.6 is 0 Å². The van der Waals surface area contributed by atoms with Crippen molar-refractivity contribution in [3.63, 3.8) is 0 Å². The van der Waals surface area contributed by atoms with Crippen LogP contribution in [0.5, 0.6) is 0 Å². The smallest absolute Gasteiger partial charge is 0.257 e. The third kappa shape index (κ3) is 3.28. The van der Waals surface area contributed by atoms with Crippen LogP contribution in [0.15, 0.2) is 12.3 Å². The summed E-state index contributed by atoms with van der Waals surface area (Å²) in [7, 11) is 1.69. The zero-order valence-corrected chi connectivity index (χ0v) is 12.5. The fraction of sp³-hybridized carbons (Fsp3) is 0.600. The molecule has 1 aliphatic rings. The molecule has 2 rings (SSSR count). The molecule has 1 aromatic heterocycles. The molecule has 1 amide bonds. The van der Waals surface area contributed by atoms with Crippen LogP contribution < -0.4 is 5.32 Å². The summed E-state index contributed by atoms with van der Waals surface area (Å²) in [5.41, 5.74) is 2.45. The molecule has 0 bridgehead atoms. The Bertz CT molecular complexity index is 476. The standard InChI is InChI=1S/C15H23N3O2/c1-4-6-16-14-8-11(2)17-9-13(14)15(19)18-7-5-12(10-18)20-3/h8-9,12H,4-7,10H2,1-3H3,(H,16,17). The molecular weight excluding hydrogens is 254 g/mol. The minimum absolute atomic E-state index is 0.0376. The average molecular weight is 277 g/mol. The summed E-state index contributed by atoms with van der Waals surface area (Å²) >= 11 is 0. The van der Waals surface area contributed by atoms with Crippen LogP contribution in [0.1, 0.15) is 35.8 Å². The quantitative estimate of drug-likeness (QED) is 0.895. The van der Waals surface area contributed by atoms with Gasteiger partial charge in [-0.05, 0) is 25.8 Å². The Balaban J connectivity index is 2.16. The number of hydrogen-bond donors (Lipinski definition) is 1. The number of nitrogens with one attached hydrogen (secondary N) is 1. The third-order valence-corrected chi connectivity index (χ3v) is 3.60. The van der Waals surface area contributed by atoms with Crippen molar-refractivity contribution < 1.29 is 9.53 Å². The normalized spacial score (nSPS) is 18.4. The number of carbonyl (C=O) groups excluding carboxylic acids is 1. The molecule has 0 saturated carbocycles. The van der Waals surface area contributed by atoms with Crippen LogP contribution in [0.4, 0.5) is 5.69 Å². The van der Waals surface area contributed by atoms with Gasteiger partial charge in [-0.1, -0.05) is 6.92 Å². The van der Waals surface area contributed by atoms with Gasteiger partial charge < -0.3 is 15.0 Å². The number of ether oxygens (including phenoxy) is 1. The van der Waals surface area contributed by atoms with Gasteiger partial charge in [0.15, 0.2) is 0 Å². The Morgan fingerprint density at radius 1 is 1.60 bits per heavy atom. The highest BCUT2D eigenvalue weighted by atomic mass is 16.5. The van der Waals surface area contributed by atoms with E-state index in [0.717, 1.165) is 37.3 Å². The Morgan fingerprint density at radius 2 is 2.40 bits per heavy atom. The summed E-state index contributed by atoms with van der Waals surface area (Å²) in [6, 6.07) is 1.94. The summed E-state index contributed by atoms with van der Waals surface area (Å²) in [6.45, 7) is 6.30. The lowest BCUT2D eigenvalue weighted by Crippen LogP contribution is -2.30. The number of pyridine rings is 1. The number of methoxy groups -OCH3 is 1. The fourth-order valence-corrected chi connectivity index (χ4v) is 2.41. The SMILES string of the molecule is CCCNc1cc(C)ncc1C(=O)N1CCC(OC)C1. The molecule has 0 radical (unpaired) electrons. The Kier molecular flexibility index (Phi) is 4.95. The molecule has 1 saturated heterocycles. The van der Waals surface area contributed by atoms with E-state index in [2.05, 4.69) is 17.2 Å². The maximum Gasteiger partial charge on any atom is 0.257 e. The van der Waals surface area contributed by atoms with Gasteiger partial charge in [0.25, 0.3) is 5.91 Å². The number of likely N-dealkylation sites (tertiary alicyclic amines) is 1. The second-order valence-corrected chi connectivity index (χ2v) is 5.20. The number of anilines is 1. The monoisotopic (exact) mass is 277 g/mol. The summed E-state index contributed by atoms with van der Waals surface area (Å²) < 4.78 is 5.32. The van der Waals surface area contributed by atoms with Crippen LogP contribution in [0.3, 0.4) is 0 Å². The van der Waals surface area contributed by atoms with E-state index in [-0.39, 0.29) is 12.0 Å². The fourth-order valence-electron chi connectivity index (χ4n) is 2.41. The van der Waals surface area contributed by atoms with Crippen molar-refractivity contribution in [2.45, 2.75) is 32.8 Å². The first kappa shape index (κ1) is 14.8. The Morgan fingerprint density at radius 3 is 3.05 bits per heavy atom. The number of amides is 1. The molecule has 5 nitrogen and oxygen atoms in total. The van der Waals surface area contributed by atoms with Crippen molar-refractivity contribution in [1.29, 1.82) is 0 Å². The number of aryl methyl sites for hydroxylation is 1. The lowest BCUT2D eigenvalue weighted by Gasteiger charge is -2.19. The van der Waals surface area contributed by atoms with E-state index in [1.165, 1.54) is 0 Å². The summed E-state index contributed by atoms with van der Waals surface area (Å²) in [6.07, 6.45) is 3.75. The van der Waals surface area contributed by atoms with E-state index in [4.69, 9.17) is 4.74 Å². The van der Waals surface area contributed by atoms with Crippen molar-refractivity contribution in [3.8, 4) is 0 Å². The zero-order valence-electron chi connectivity index (χ0n) is 12.5. The third-order valence-electron chi connectivity index (χ3n) is 3.60. The first-order chi connectivity index (χ1) is 9.65. The van der Waals surface area contributed by atoms with Gasteiger partial charge in [0.05, 0.1) is 17.4 Å². The van der Waals surface area contributed by atoms with Crippen molar-refractivity contribution in [2.75, 3.05) is 32.1 Å². The van der Waals surface area contributed by atoms with Gasteiger partial charge in [-0.25, -0.2) is 0 Å². The molecular formula is C15H23N3O2. The number of hydrogen-bond acceptors (Lipinski definition) is 4. The molecule has 2 heterocycles. The molecule has 0 spiro atoms. The number of aromatic nitrogens is 1. The molecule has 1 aliphatic heterocycles. The lowest BCUT2D eigenvalue weighted by molar-refractivity contribution is 0.0724. The second kappa shape index (κ2) is 6.70. The number of rotatable bonds is 5. The van der Waals surface area contributed by atoms with Gasteiger partial charge >= 0.3 is 0 Å². The summed E-state index contributed by atoms with van der Waals surface area (Å²) in [4.78, 5) is 18.7. The average Bonchev–Trinajstić information content (AvgIpc) is 2.93. The summed E-state index contributed by atoms with van der Waals surface area (Å²) in [5, 5.41) is 3.31. The molecule has 1 aromatic rings. The molecule has 1 atom stereocenters. The van der Waals surface area contributed by atoms with Gasteiger partial charge in [-0.15, -0.1) is 0 Å². The molecule has 1 fully saturated rings. The maximum absolute atomic E-state index is 12.6. The molecule has 0 aromatic carbocycles. The topological polar surface area (TPSA) is 54.5 Å². The molecule has 1 N–H and O–H groups in total. The zero-order chi connectivity index (χ0) is 14.5. The first-order valence-corrected chi connectivity index (χ1v) is 7.18. The summed E-state index contributed by atoms with van der Waals surface area (Å²) in [5.74, 6) is 0.0376. The van der Waals surface area contributed by atoms with Crippen molar-refractivity contribution in [1.82, 2.24) is 9.88 Å². The Labute approximate surface area is 120 Å². The van der Waals surface area contributed by atoms with Gasteiger partial charge in [-0.3, -0.25) is 9.78 Å². The lowest BCUT2D eigenvalue weighted by atomic mass is 10.2. The van der Waals surface area contributed by atoms with Crippen molar-refractivity contribution in [2.24, 2.45) is 0 Å². The van der Waals surface area contributed by atoms with Gasteiger partial charge in [-0.2, -0.15) is 0 Å². The minimum atomic E-state index is 0.0376. The van der Waals surface area contributed by atoms with Crippen LogP contribution in [-0.4, -0.2) is 48.6 Å². The van der Waals surface area contributed by atoms with Gasteiger partial charge in [0, 0.05) is 38.6 Å². The molecule has 5 heteroatoms. The van der Waals surface area contributed by atoms with Crippen LogP contribution in [0, 0.1) is 6.92 Å². The van der Waals surface area contributed by atoms with Gasteiger partial charge in [0.1, 0.15) is 0 Å². The predicted octanol–water partition coefficient (Wildman–Crippen LogP) is 2.07. The van der Waals surface area contributed by atoms with E-state index in [0.29, 0.717) is 12.1 Å². The highest BCUT2D eigenvalue weighted by molar-refractivity contribution is 5.99. The van der Waals surface area contributed by atoms with Crippen LogP contribution in [0.2, 0.25) is 0 Å². The molecule has 20 heavy (non-hydrogen) atoms. The van der Waals surface area contributed by atoms with Crippen molar-refractivity contribution >= 4 is 11.6 Å². The van der Waals surface area contributed by atoms with Gasteiger partial charge in [0.2, 0.25) is 0 Å². The minimum Gasteiger partial charge on any atom is -0.384 e. The molecule has 110 valence electrons.